The van der Waals surface area contributed by atoms with Crippen LogP contribution in [0.25, 0.3) is 0 Å². The molecule has 0 saturated heterocycles. The van der Waals surface area contributed by atoms with Crippen molar-refractivity contribution in [1.82, 2.24) is 14.8 Å². The van der Waals surface area contributed by atoms with E-state index in [-0.39, 0.29) is 0 Å². The van der Waals surface area contributed by atoms with Gasteiger partial charge in [0.1, 0.15) is 5.82 Å². The van der Waals surface area contributed by atoms with Crippen LogP contribution >= 0.6 is 24.0 Å². The van der Waals surface area contributed by atoms with Gasteiger partial charge in [-0.15, -0.1) is 0 Å². The van der Waals surface area contributed by atoms with Crippen LogP contribution in [-0.4, -0.2) is 25.8 Å². The smallest absolute Gasteiger partial charge is 0.195 e. The molecule has 1 heterocycles. The molecule has 1 aromatic rings. The largest absolute Gasteiger partial charge is 0.300 e. The van der Waals surface area contributed by atoms with Gasteiger partial charge in [0.2, 0.25) is 0 Å². The predicted octanol–water partition coefficient (Wildman–Crippen LogP) is 3.66. The Labute approximate surface area is 111 Å². The van der Waals surface area contributed by atoms with Crippen LogP contribution in [0.5, 0.6) is 0 Å². The topological polar surface area (TPSA) is 33.6 Å². The average molecular weight is 269 g/mol. The van der Waals surface area contributed by atoms with Gasteiger partial charge in [-0.1, -0.05) is 13.3 Å². The summed E-state index contributed by atoms with van der Waals surface area (Å²) in [4.78, 5) is 0. The number of nitrogens with zero attached hydrogens (tertiary/aromatic N) is 2. The number of thioether (sulfide) groups is 1. The van der Waals surface area contributed by atoms with E-state index in [4.69, 9.17) is 12.2 Å². The third-order valence-electron chi connectivity index (χ3n) is 3.80. The maximum absolute atomic E-state index is 5.43. The first-order valence-corrected chi connectivity index (χ1v) is 8.05. The lowest BCUT2D eigenvalue weighted by Gasteiger charge is -2.21. The van der Waals surface area contributed by atoms with Gasteiger partial charge in [-0.3, -0.25) is 9.67 Å². The lowest BCUT2D eigenvalue weighted by Crippen LogP contribution is -2.18. The van der Waals surface area contributed by atoms with Crippen molar-refractivity contribution in [2.24, 2.45) is 0 Å². The molecule has 2 fully saturated rings. The van der Waals surface area contributed by atoms with Gasteiger partial charge in [-0.05, 0) is 43.7 Å². The number of H-pyrrole nitrogens is 1. The minimum atomic E-state index is 0.585. The molecule has 5 heteroatoms. The second-order valence-corrected chi connectivity index (χ2v) is 6.93. The molecule has 1 aromatic heterocycles. The summed E-state index contributed by atoms with van der Waals surface area (Å²) >= 11 is 7.52. The molecule has 2 atom stereocenters. The summed E-state index contributed by atoms with van der Waals surface area (Å²) in [5, 5.41) is 8.20. The highest BCUT2D eigenvalue weighted by Crippen LogP contribution is 2.44. The third-order valence-corrected chi connectivity index (χ3v) is 5.40. The van der Waals surface area contributed by atoms with Crippen molar-refractivity contribution in [1.29, 1.82) is 0 Å². The Bertz CT molecular complexity index is 447. The van der Waals surface area contributed by atoms with E-state index in [1.165, 1.54) is 43.7 Å². The summed E-state index contributed by atoms with van der Waals surface area (Å²) in [6, 6.07) is 0.585. The lowest BCUT2D eigenvalue weighted by atomic mass is 10.2. The van der Waals surface area contributed by atoms with E-state index in [9.17, 15) is 0 Å². The zero-order chi connectivity index (χ0) is 11.8. The van der Waals surface area contributed by atoms with E-state index in [2.05, 4.69) is 33.5 Å². The van der Waals surface area contributed by atoms with Crippen molar-refractivity contribution in [3.63, 3.8) is 0 Å². The molecule has 2 saturated carbocycles. The molecule has 0 aromatic carbocycles. The number of hydrogen-bond donors (Lipinski definition) is 1. The summed E-state index contributed by atoms with van der Waals surface area (Å²) in [6.07, 6.45) is 6.51. The minimum Gasteiger partial charge on any atom is -0.300 e. The maximum atomic E-state index is 5.43. The van der Waals surface area contributed by atoms with E-state index in [1.807, 2.05) is 0 Å². The first-order chi connectivity index (χ1) is 8.31. The molecule has 17 heavy (non-hydrogen) atoms. The molecule has 3 nitrogen and oxygen atoms in total. The van der Waals surface area contributed by atoms with Crippen LogP contribution in [0.3, 0.4) is 0 Å². The zero-order valence-corrected chi connectivity index (χ0v) is 11.8. The molecule has 2 unspecified atom stereocenters. The number of nitrogens with one attached hydrogen (secondary N) is 1. The van der Waals surface area contributed by atoms with Crippen molar-refractivity contribution in [3.8, 4) is 0 Å². The second-order valence-electron chi connectivity index (χ2n) is 5.02. The lowest BCUT2D eigenvalue weighted by molar-refractivity contribution is 0.500. The van der Waals surface area contributed by atoms with Gasteiger partial charge >= 0.3 is 0 Å². The number of aromatic amines is 1. The fourth-order valence-corrected chi connectivity index (χ4v) is 4.39. The van der Waals surface area contributed by atoms with Crippen molar-refractivity contribution in [3.05, 3.63) is 10.6 Å². The Kier molecular flexibility index (Phi) is 3.30. The Morgan fingerprint density at radius 2 is 2.24 bits per heavy atom. The molecule has 1 N–H and O–H groups in total. The molecule has 0 amide bonds. The molecular formula is C12H19N3S2. The molecule has 94 valence electrons. The van der Waals surface area contributed by atoms with E-state index >= 15 is 0 Å². The van der Waals surface area contributed by atoms with E-state index < -0.39 is 0 Å². The highest BCUT2D eigenvalue weighted by Gasteiger charge is 2.35. The summed E-state index contributed by atoms with van der Waals surface area (Å²) in [7, 11) is 0. The molecule has 0 aliphatic heterocycles. The van der Waals surface area contributed by atoms with Crippen LogP contribution in [-0.2, 0) is 0 Å². The molecule has 0 radical (unpaired) electrons. The summed E-state index contributed by atoms with van der Waals surface area (Å²) < 4.78 is 3.17. The van der Waals surface area contributed by atoms with Gasteiger partial charge < -0.3 is 0 Å². The van der Waals surface area contributed by atoms with E-state index in [1.54, 1.807) is 0 Å². The van der Waals surface area contributed by atoms with Crippen molar-refractivity contribution < 1.29 is 0 Å². The van der Waals surface area contributed by atoms with Gasteiger partial charge in [0.25, 0.3) is 0 Å². The molecular weight excluding hydrogens is 250 g/mol. The summed E-state index contributed by atoms with van der Waals surface area (Å²) in [5.41, 5.74) is 0. The Morgan fingerprint density at radius 3 is 2.94 bits per heavy atom. The SMILES string of the molecule is CCSC1CCCC1n1c(C2CC2)n[nH]c1=S. The van der Waals surface area contributed by atoms with Crippen molar-refractivity contribution in [2.75, 3.05) is 5.75 Å². The first-order valence-electron chi connectivity index (χ1n) is 6.59. The third kappa shape index (κ3) is 2.19. The molecule has 2 aliphatic carbocycles. The van der Waals surface area contributed by atoms with Crippen LogP contribution in [0.4, 0.5) is 0 Å². The standard InChI is InChI=1S/C12H19N3S2/c1-2-17-10-5-3-4-9(10)15-11(8-6-7-8)13-14-12(15)16/h8-10H,2-7H2,1H3,(H,14,16). The highest BCUT2D eigenvalue weighted by atomic mass is 32.2. The molecule has 0 spiro atoms. The fraction of sp³-hybridized carbons (Fsp3) is 0.833. The summed E-state index contributed by atoms with van der Waals surface area (Å²) in [5.74, 6) is 3.10. The van der Waals surface area contributed by atoms with E-state index in [0.717, 1.165) is 10.0 Å². The number of rotatable bonds is 4. The second kappa shape index (κ2) is 4.76. The number of hydrogen-bond acceptors (Lipinski definition) is 3. The summed E-state index contributed by atoms with van der Waals surface area (Å²) in [6.45, 7) is 2.25. The van der Waals surface area contributed by atoms with Gasteiger partial charge in [-0.25, -0.2) is 0 Å². The molecule has 2 aliphatic rings. The minimum absolute atomic E-state index is 0.585. The van der Waals surface area contributed by atoms with Crippen LogP contribution in [0.1, 0.15) is 56.8 Å². The zero-order valence-electron chi connectivity index (χ0n) is 10.2. The maximum Gasteiger partial charge on any atom is 0.195 e. The van der Waals surface area contributed by atoms with Gasteiger partial charge in [0.05, 0.1) is 0 Å². The normalized spacial score (nSPS) is 28.8. The Balaban J connectivity index is 1.91. The monoisotopic (exact) mass is 269 g/mol. The van der Waals surface area contributed by atoms with Crippen LogP contribution in [0, 0.1) is 4.77 Å². The molecule has 0 bridgehead atoms. The molecule has 3 rings (SSSR count). The fourth-order valence-electron chi connectivity index (χ4n) is 2.88. The number of aromatic nitrogens is 3. The Morgan fingerprint density at radius 1 is 1.41 bits per heavy atom. The van der Waals surface area contributed by atoms with Gasteiger partial charge in [0, 0.05) is 17.2 Å². The Hall–Kier alpha value is -0.290. The van der Waals surface area contributed by atoms with Crippen LogP contribution in [0.2, 0.25) is 0 Å². The average Bonchev–Trinajstić information content (AvgIpc) is 2.95. The van der Waals surface area contributed by atoms with Crippen molar-refractivity contribution in [2.45, 2.75) is 56.2 Å². The van der Waals surface area contributed by atoms with Crippen molar-refractivity contribution >= 4 is 24.0 Å². The predicted molar refractivity (Wildman–Crippen MR) is 74.2 cm³/mol. The van der Waals surface area contributed by atoms with Gasteiger partial charge in [0.15, 0.2) is 4.77 Å². The van der Waals surface area contributed by atoms with E-state index in [0.29, 0.717) is 12.0 Å². The highest BCUT2D eigenvalue weighted by molar-refractivity contribution is 7.99. The van der Waals surface area contributed by atoms with Gasteiger partial charge in [-0.2, -0.15) is 16.9 Å². The first kappa shape index (κ1) is 11.8. The van der Waals surface area contributed by atoms with Crippen LogP contribution < -0.4 is 0 Å². The van der Waals surface area contributed by atoms with Crippen LogP contribution in [0.15, 0.2) is 0 Å². The quantitative estimate of drug-likeness (QED) is 0.847.